The quantitative estimate of drug-likeness (QED) is 0.847. The molecule has 18 heavy (non-hydrogen) atoms. The average molecular weight is 264 g/mol. The van der Waals surface area contributed by atoms with Gasteiger partial charge in [-0.05, 0) is 20.8 Å². The smallest absolute Gasteiger partial charge is 0.211 e. The zero-order chi connectivity index (χ0) is 13.5. The summed E-state index contributed by atoms with van der Waals surface area (Å²) in [5.74, 6) is -0.538. The van der Waals surface area contributed by atoms with Crippen LogP contribution in [0.5, 0.6) is 0 Å². The average Bonchev–Trinajstić information content (AvgIpc) is 2.31. The van der Waals surface area contributed by atoms with Crippen LogP contribution in [0.1, 0.15) is 41.5 Å². The summed E-state index contributed by atoms with van der Waals surface area (Å²) in [6.45, 7) is 5.72. The van der Waals surface area contributed by atoms with Gasteiger partial charge >= 0.3 is 0 Å². The third-order valence-electron chi connectivity index (χ3n) is 2.56. The van der Waals surface area contributed by atoms with Crippen molar-refractivity contribution in [1.82, 2.24) is 5.32 Å². The highest BCUT2D eigenvalue weighted by molar-refractivity contribution is 6.49. The molecule has 0 aliphatic heterocycles. The van der Waals surface area contributed by atoms with Crippen molar-refractivity contribution in [3.63, 3.8) is 0 Å². The first kappa shape index (κ1) is 12.8. The van der Waals surface area contributed by atoms with Crippen LogP contribution >= 0.6 is 11.6 Å². The summed E-state index contributed by atoms with van der Waals surface area (Å²) in [6.07, 6.45) is 0. The lowest BCUT2D eigenvalue weighted by Crippen LogP contribution is -2.40. The lowest BCUT2D eigenvalue weighted by atomic mass is 9.91. The van der Waals surface area contributed by atoms with Gasteiger partial charge in [0.05, 0.1) is 0 Å². The lowest BCUT2D eigenvalue weighted by molar-refractivity contribution is 0.0970. The molecule has 1 aliphatic carbocycles. The van der Waals surface area contributed by atoms with Crippen LogP contribution in [0.3, 0.4) is 0 Å². The molecule has 1 aromatic carbocycles. The van der Waals surface area contributed by atoms with Crippen LogP contribution in [0.25, 0.3) is 0 Å². The standard InChI is InChI=1S/C14H14ClNO2/c1-14(2,3)16-11-10(15)12(17)8-6-4-5-7-9(8)13(11)18/h4-7,16H,1-3H3. The molecule has 0 unspecified atom stereocenters. The van der Waals surface area contributed by atoms with Crippen LogP contribution in [0, 0.1) is 0 Å². The number of carbonyl (C=O) groups excluding carboxylic acids is 2. The number of benzene rings is 1. The molecule has 0 fully saturated rings. The van der Waals surface area contributed by atoms with Crippen LogP contribution in [-0.2, 0) is 0 Å². The molecule has 0 radical (unpaired) electrons. The van der Waals surface area contributed by atoms with Crippen LogP contribution < -0.4 is 5.32 Å². The molecule has 1 aromatic rings. The maximum Gasteiger partial charge on any atom is 0.211 e. The first-order valence-corrected chi connectivity index (χ1v) is 6.05. The fourth-order valence-corrected chi connectivity index (χ4v) is 2.07. The Balaban J connectivity index is 2.53. The largest absolute Gasteiger partial charge is 0.376 e. The summed E-state index contributed by atoms with van der Waals surface area (Å²) in [7, 11) is 0. The molecule has 0 spiro atoms. The molecule has 3 nitrogen and oxygen atoms in total. The molecule has 0 saturated carbocycles. The van der Waals surface area contributed by atoms with Gasteiger partial charge in [0.1, 0.15) is 10.7 Å². The predicted octanol–water partition coefficient (Wildman–Crippen LogP) is 2.90. The summed E-state index contributed by atoms with van der Waals surface area (Å²) >= 11 is 6.01. The van der Waals surface area contributed by atoms with Gasteiger partial charge in [0.15, 0.2) is 0 Å². The molecule has 0 atom stereocenters. The Morgan fingerprint density at radius 1 is 1.00 bits per heavy atom. The zero-order valence-corrected chi connectivity index (χ0v) is 11.3. The molecule has 0 amide bonds. The van der Waals surface area contributed by atoms with E-state index in [1.165, 1.54) is 0 Å². The number of ketones is 2. The van der Waals surface area contributed by atoms with Gasteiger partial charge in [-0.1, -0.05) is 35.9 Å². The summed E-state index contributed by atoms with van der Waals surface area (Å²) in [6, 6.07) is 6.71. The molecule has 4 heteroatoms. The Morgan fingerprint density at radius 2 is 1.50 bits per heavy atom. The van der Waals surface area contributed by atoms with Gasteiger partial charge in [0, 0.05) is 16.7 Å². The van der Waals surface area contributed by atoms with Crippen molar-refractivity contribution >= 4 is 23.2 Å². The van der Waals surface area contributed by atoms with E-state index in [1.54, 1.807) is 24.3 Å². The number of hydrogen-bond donors (Lipinski definition) is 1. The molecular formula is C14H14ClNO2. The van der Waals surface area contributed by atoms with Crippen molar-refractivity contribution in [2.75, 3.05) is 0 Å². The number of nitrogens with one attached hydrogen (secondary N) is 1. The van der Waals surface area contributed by atoms with E-state index in [2.05, 4.69) is 5.32 Å². The van der Waals surface area contributed by atoms with E-state index < -0.39 is 0 Å². The molecular weight excluding hydrogens is 250 g/mol. The highest BCUT2D eigenvalue weighted by Gasteiger charge is 2.32. The minimum atomic E-state index is -0.336. The Morgan fingerprint density at radius 3 is 2.00 bits per heavy atom. The van der Waals surface area contributed by atoms with Gasteiger partial charge in [0.2, 0.25) is 11.6 Å². The minimum Gasteiger partial charge on any atom is -0.376 e. The van der Waals surface area contributed by atoms with E-state index in [4.69, 9.17) is 11.6 Å². The number of fused-ring (bicyclic) bond motifs is 1. The van der Waals surface area contributed by atoms with Crippen molar-refractivity contribution in [1.29, 1.82) is 0 Å². The van der Waals surface area contributed by atoms with Crippen molar-refractivity contribution in [3.05, 3.63) is 46.1 Å². The number of Topliss-reactive ketones (excluding diaryl/α,β-unsaturated/α-hetero) is 2. The summed E-state index contributed by atoms with van der Waals surface area (Å²) < 4.78 is 0. The topological polar surface area (TPSA) is 46.2 Å². The van der Waals surface area contributed by atoms with Gasteiger partial charge in [0.25, 0.3) is 0 Å². The van der Waals surface area contributed by atoms with E-state index in [-0.39, 0.29) is 27.8 Å². The van der Waals surface area contributed by atoms with Crippen molar-refractivity contribution in [2.45, 2.75) is 26.3 Å². The van der Waals surface area contributed by atoms with Gasteiger partial charge < -0.3 is 5.32 Å². The second kappa shape index (κ2) is 4.25. The molecule has 1 aliphatic rings. The van der Waals surface area contributed by atoms with E-state index in [9.17, 15) is 9.59 Å². The number of hydrogen-bond acceptors (Lipinski definition) is 3. The number of halogens is 1. The Hall–Kier alpha value is -1.61. The van der Waals surface area contributed by atoms with Gasteiger partial charge in [-0.3, -0.25) is 9.59 Å². The van der Waals surface area contributed by atoms with Crippen LogP contribution in [0.2, 0.25) is 0 Å². The number of allylic oxidation sites excluding steroid dienone is 2. The second-order valence-corrected chi connectivity index (χ2v) is 5.65. The first-order chi connectivity index (χ1) is 8.31. The predicted molar refractivity (Wildman–Crippen MR) is 70.9 cm³/mol. The second-order valence-electron chi connectivity index (χ2n) is 5.27. The highest BCUT2D eigenvalue weighted by atomic mass is 35.5. The van der Waals surface area contributed by atoms with Gasteiger partial charge in [-0.15, -0.1) is 0 Å². The zero-order valence-electron chi connectivity index (χ0n) is 10.5. The monoisotopic (exact) mass is 263 g/mol. The maximum atomic E-state index is 12.3. The first-order valence-electron chi connectivity index (χ1n) is 5.67. The molecule has 0 heterocycles. The third kappa shape index (κ3) is 2.18. The van der Waals surface area contributed by atoms with Crippen LogP contribution in [-0.4, -0.2) is 17.1 Å². The summed E-state index contributed by atoms with van der Waals surface area (Å²) in [4.78, 5) is 24.4. The van der Waals surface area contributed by atoms with Crippen molar-refractivity contribution in [2.24, 2.45) is 0 Å². The van der Waals surface area contributed by atoms with Crippen molar-refractivity contribution in [3.8, 4) is 0 Å². The van der Waals surface area contributed by atoms with E-state index in [0.717, 1.165) is 0 Å². The van der Waals surface area contributed by atoms with Gasteiger partial charge in [-0.25, -0.2) is 0 Å². The normalized spacial score (nSPS) is 15.8. The third-order valence-corrected chi connectivity index (χ3v) is 2.92. The molecule has 1 N–H and O–H groups in total. The summed E-state index contributed by atoms with van der Waals surface area (Å²) in [5, 5.41) is 2.97. The van der Waals surface area contributed by atoms with Crippen LogP contribution in [0.4, 0.5) is 0 Å². The Kier molecular flexibility index (Phi) is 3.03. The number of rotatable bonds is 1. The summed E-state index contributed by atoms with van der Waals surface area (Å²) in [5.41, 5.74) is 0.621. The molecule has 0 aromatic heterocycles. The van der Waals surface area contributed by atoms with E-state index in [1.807, 2.05) is 20.8 Å². The Bertz CT molecular complexity index is 567. The number of carbonyl (C=O) groups is 2. The van der Waals surface area contributed by atoms with Gasteiger partial charge in [-0.2, -0.15) is 0 Å². The van der Waals surface area contributed by atoms with Crippen LogP contribution in [0.15, 0.2) is 35.0 Å². The van der Waals surface area contributed by atoms with E-state index >= 15 is 0 Å². The minimum absolute atomic E-state index is 0.0337. The van der Waals surface area contributed by atoms with E-state index in [0.29, 0.717) is 11.1 Å². The highest BCUT2D eigenvalue weighted by Crippen LogP contribution is 2.28. The SMILES string of the molecule is CC(C)(C)NC1=C(Cl)C(=O)c2ccccc2C1=O. The van der Waals surface area contributed by atoms with Crippen molar-refractivity contribution < 1.29 is 9.59 Å². The fourth-order valence-electron chi connectivity index (χ4n) is 1.83. The fraction of sp³-hybridized carbons (Fsp3) is 0.286. The maximum absolute atomic E-state index is 12.3. The Labute approximate surface area is 111 Å². The lowest BCUT2D eigenvalue weighted by Gasteiger charge is -2.26. The molecule has 0 bridgehead atoms. The molecule has 0 saturated heterocycles. The molecule has 2 rings (SSSR count). The molecule has 94 valence electrons.